The van der Waals surface area contributed by atoms with Crippen molar-refractivity contribution in [1.29, 1.82) is 5.41 Å². The Hall–Kier alpha value is -2.83. The van der Waals surface area contributed by atoms with Crippen molar-refractivity contribution in [2.75, 3.05) is 23.8 Å². The van der Waals surface area contributed by atoms with Crippen LogP contribution in [0, 0.1) is 5.41 Å². The second kappa shape index (κ2) is 5.43. The van der Waals surface area contributed by atoms with Gasteiger partial charge in [-0.05, 0) is 13.0 Å². The van der Waals surface area contributed by atoms with Crippen molar-refractivity contribution in [2.45, 2.75) is 6.92 Å². The highest BCUT2D eigenvalue weighted by atomic mass is 16.5. The molecule has 7 heteroatoms. The Morgan fingerprint density at radius 2 is 1.75 bits per heavy atom. The molecule has 104 valence electrons. The van der Waals surface area contributed by atoms with Crippen molar-refractivity contribution < 1.29 is 4.74 Å². The molecule has 2 aromatic heterocycles. The molecule has 0 aliphatic carbocycles. The van der Waals surface area contributed by atoms with Crippen LogP contribution in [0.25, 0.3) is 0 Å². The Balaban J connectivity index is 2.30. The summed E-state index contributed by atoms with van der Waals surface area (Å²) in [4.78, 5) is 8.03. The lowest BCUT2D eigenvalue weighted by Crippen LogP contribution is -2.03. The van der Waals surface area contributed by atoms with Gasteiger partial charge in [0.2, 0.25) is 0 Å². The lowest BCUT2D eigenvalue weighted by atomic mass is 10.2. The molecule has 0 fully saturated rings. The van der Waals surface area contributed by atoms with Crippen LogP contribution in [0.2, 0.25) is 0 Å². The molecule has 0 atom stereocenters. The second-order valence-corrected chi connectivity index (χ2v) is 4.18. The summed E-state index contributed by atoms with van der Waals surface area (Å²) in [6, 6.07) is 3.40. The van der Waals surface area contributed by atoms with E-state index < -0.39 is 0 Å². The van der Waals surface area contributed by atoms with Crippen LogP contribution in [-0.2, 0) is 0 Å². The van der Waals surface area contributed by atoms with E-state index in [-0.39, 0.29) is 0 Å². The molecule has 0 aromatic carbocycles. The predicted molar refractivity (Wildman–Crippen MR) is 79.4 cm³/mol. The first-order valence-electron chi connectivity index (χ1n) is 5.93. The summed E-state index contributed by atoms with van der Waals surface area (Å²) in [5.41, 5.74) is 12.9. The third kappa shape index (κ3) is 2.77. The second-order valence-electron chi connectivity index (χ2n) is 4.18. The van der Waals surface area contributed by atoms with Crippen LogP contribution in [0.15, 0.2) is 24.5 Å². The molecular formula is C13H16N6O. The third-order valence-electron chi connectivity index (χ3n) is 2.70. The van der Waals surface area contributed by atoms with Gasteiger partial charge < -0.3 is 26.9 Å². The van der Waals surface area contributed by atoms with Crippen LogP contribution < -0.4 is 21.5 Å². The Bertz CT molecular complexity index is 655. The monoisotopic (exact) mass is 272 g/mol. The first-order chi connectivity index (χ1) is 9.51. The summed E-state index contributed by atoms with van der Waals surface area (Å²) in [7, 11) is 1.75. The van der Waals surface area contributed by atoms with Crippen molar-refractivity contribution in [1.82, 2.24) is 9.97 Å². The van der Waals surface area contributed by atoms with E-state index in [1.165, 1.54) is 12.4 Å². The van der Waals surface area contributed by atoms with Gasteiger partial charge in [0.1, 0.15) is 23.1 Å². The van der Waals surface area contributed by atoms with E-state index in [1.54, 1.807) is 26.1 Å². The standard InChI is InChI=1S/C13H16N6O/c1-7(14)10-3-8(5-18-12(10)15)20-9-4-11(17-2)13(16)19-6-9/h3-6,14,17H,1-2H3,(H2,15,18)(H2,16,19). The van der Waals surface area contributed by atoms with Crippen LogP contribution >= 0.6 is 0 Å². The highest BCUT2D eigenvalue weighted by Gasteiger charge is 2.08. The maximum absolute atomic E-state index is 7.63. The number of nitrogens with two attached hydrogens (primary N) is 2. The number of hydrogen-bond donors (Lipinski definition) is 4. The molecule has 2 rings (SSSR count). The summed E-state index contributed by atoms with van der Waals surface area (Å²) in [6.45, 7) is 1.64. The topological polar surface area (TPSA) is 123 Å². The molecule has 0 unspecified atom stereocenters. The molecule has 0 saturated heterocycles. The molecule has 20 heavy (non-hydrogen) atoms. The molecule has 0 bridgehead atoms. The molecule has 0 aliphatic rings. The molecule has 0 aliphatic heterocycles. The van der Waals surface area contributed by atoms with E-state index in [1.807, 2.05) is 0 Å². The van der Waals surface area contributed by atoms with E-state index >= 15 is 0 Å². The molecular weight excluding hydrogens is 256 g/mol. The number of nitrogen functional groups attached to an aromatic ring is 2. The summed E-state index contributed by atoms with van der Waals surface area (Å²) in [6.07, 6.45) is 3.01. The Kier molecular flexibility index (Phi) is 3.69. The average molecular weight is 272 g/mol. The Morgan fingerprint density at radius 1 is 1.15 bits per heavy atom. The highest BCUT2D eigenvalue weighted by Crippen LogP contribution is 2.27. The number of rotatable bonds is 4. The molecule has 0 amide bonds. The number of nitrogens with one attached hydrogen (secondary N) is 2. The third-order valence-corrected chi connectivity index (χ3v) is 2.70. The van der Waals surface area contributed by atoms with E-state index in [2.05, 4.69) is 15.3 Å². The van der Waals surface area contributed by atoms with Gasteiger partial charge in [-0.1, -0.05) is 0 Å². The van der Waals surface area contributed by atoms with Crippen LogP contribution in [0.5, 0.6) is 11.5 Å². The minimum Gasteiger partial charge on any atom is -0.454 e. The minimum absolute atomic E-state index is 0.302. The number of ether oxygens (including phenoxy) is 1. The van der Waals surface area contributed by atoms with Crippen LogP contribution in [-0.4, -0.2) is 22.7 Å². The number of pyridine rings is 2. The molecule has 7 nitrogen and oxygen atoms in total. The quantitative estimate of drug-likeness (QED) is 0.630. The highest BCUT2D eigenvalue weighted by molar-refractivity contribution is 6.00. The summed E-state index contributed by atoms with van der Waals surface area (Å²) in [5.74, 6) is 1.70. The minimum atomic E-state index is 0.302. The first kappa shape index (κ1) is 13.6. The van der Waals surface area contributed by atoms with E-state index in [4.69, 9.17) is 21.6 Å². The lowest BCUT2D eigenvalue weighted by Gasteiger charge is -2.10. The smallest absolute Gasteiger partial charge is 0.148 e. The van der Waals surface area contributed by atoms with Gasteiger partial charge in [0.05, 0.1) is 18.1 Å². The predicted octanol–water partition coefficient (Wildman–Crippen LogP) is 1.86. The van der Waals surface area contributed by atoms with Crippen molar-refractivity contribution in [3.8, 4) is 11.5 Å². The van der Waals surface area contributed by atoms with Gasteiger partial charge in [-0.15, -0.1) is 0 Å². The molecule has 2 heterocycles. The number of aromatic nitrogens is 2. The maximum atomic E-state index is 7.63. The van der Waals surface area contributed by atoms with E-state index in [0.717, 1.165) is 0 Å². The lowest BCUT2D eigenvalue weighted by molar-refractivity contribution is 0.478. The average Bonchev–Trinajstić information content (AvgIpc) is 2.42. The van der Waals surface area contributed by atoms with Crippen LogP contribution in [0.1, 0.15) is 12.5 Å². The van der Waals surface area contributed by atoms with Crippen LogP contribution in [0.4, 0.5) is 17.3 Å². The number of anilines is 3. The summed E-state index contributed by atoms with van der Waals surface area (Å²) < 4.78 is 5.65. The summed E-state index contributed by atoms with van der Waals surface area (Å²) >= 11 is 0. The van der Waals surface area contributed by atoms with Gasteiger partial charge in [-0.2, -0.15) is 0 Å². The van der Waals surface area contributed by atoms with Crippen molar-refractivity contribution >= 4 is 23.0 Å². The van der Waals surface area contributed by atoms with Gasteiger partial charge in [-0.3, -0.25) is 0 Å². The van der Waals surface area contributed by atoms with Gasteiger partial charge in [0.25, 0.3) is 0 Å². The Labute approximate surface area is 116 Å². The van der Waals surface area contributed by atoms with Gasteiger partial charge in [0.15, 0.2) is 0 Å². The zero-order valence-corrected chi connectivity index (χ0v) is 11.3. The number of nitrogens with zero attached hydrogens (tertiary/aromatic N) is 2. The number of hydrogen-bond acceptors (Lipinski definition) is 7. The van der Waals surface area contributed by atoms with Crippen molar-refractivity contribution in [3.05, 3.63) is 30.1 Å². The molecule has 0 radical (unpaired) electrons. The van der Waals surface area contributed by atoms with Gasteiger partial charge >= 0.3 is 0 Å². The SMILES string of the molecule is CNc1cc(Oc2cnc(N)c(C(C)=N)c2)cnc1N. The van der Waals surface area contributed by atoms with Crippen LogP contribution in [0.3, 0.4) is 0 Å². The normalized spacial score (nSPS) is 10.1. The fourth-order valence-electron chi connectivity index (χ4n) is 1.66. The molecule has 6 N–H and O–H groups in total. The Morgan fingerprint density at radius 3 is 2.35 bits per heavy atom. The van der Waals surface area contributed by atoms with E-state index in [9.17, 15) is 0 Å². The fraction of sp³-hybridized carbons (Fsp3) is 0.154. The maximum Gasteiger partial charge on any atom is 0.148 e. The summed E-state index contributed by atoms with van der Waals surface area (Å²) in [5, 5.41) is 10.6. The molecule has 2 aromatic rings. The van der Waals surface area contributed by atoms with Crippen molar-refractivity contribution in [2.24, 2.45) is 0 Å². The van der Waals surface area contributed by atoms with Gasteiger partial charge in [-0.25, -0.2) is 9.97 Å². The zero-order valence-electron chi connectivity index (χ0n) is 11.3. The zero-order chi connectivity index (χ0) is 14.7. The fourth-order valence-corrected chi connectivity index (χ4v) is 1.66. The van der Waals surface area contributed by atoms with E-state index in [0.29, 0.717) is 40.1 Å². The molecule has 0 spiro atoms. The molecule has 0 saturated carbocycles. The first-order valence-corrected chi connectivity index (χ1v) is 5.93. The van der Waals surface area contributed by atoms with Crippen molar-refractivity contribution in [3.63, 3.8) is 0 Å². The van der Waals surface area contributed by atoms with Gasteiger partial charge in [0, 0.05) is 24.4 Å². The largest absolute Gasteiger partial charge is 0.454 e.